The molecule has 0 saturated heterocycles. The molecule has 0 aliphatic carbocycles. The van der Waals surface area contributed by atoms with Gasteiger partial charge in [0.05, 0.1) is 22.1 Å². The number of hydrogen-bond donors (Lipinski definition) is 0. The molecule has 15 rings (SSSR count). The predicted octanol–water partition coefficient (Wildman–Crippen LogP) is 17.0. The van der Waals surface area contributed by atoms with Crippen LogP contribution in [0.2, 0.25) is 0 Å². The molecular formula is C63H37N5OS. The smallest absolute Gasteiger partial charge is 0.164 e. The van der Waals surface area contributed by atoms with Crippen LogP contribution in [0.25, 0.3) is 142 Å². The Kier molecular flexibility index (Phi) is 8.43. The Balaban J connectivity index is 0.947. The van der Waals surface area contributed by atoms with Crippen molar-refractivity contribution in [3.8, 4) is 56.7 Å². The van der Waals surface area contributed by atoms with Gasteiger partial charge in [-0.05, 0) is 96.1 Å². The van der Waals surface area contributed by atoms with Gasteiger partial charge >= 0.3 is 0 Å². The van der Waals surface area contributed by atoms with E-state index in [4.69, 9.17) is 19.4 Å². The third kappa shape index (κ3) is 5.89. The van der Waals surface area contributed by atoms with E-state index in [2.05, 4.69) is 203 Å². The van der Waals surface area contributed by atoms with E-state index in [-0.39, 0.29) is 0 Å². The highest BCUT2D eigenvalue weighted by Crippen LogP contribution is 2.45. The van der Waals surface area contributed by atoms with Crippen molar-refractivity contribution in [2.24, 2.45) is 0 Å². The van der Waals surface area contributed by atoms with E-state index in [1.54, 1.807) is 0 Å². The van der Waals surface area contributed by atoms with Crippen LogP contribution in [0.1, 0.15) is 0 Å². The van der Waals surface area contributed by atoms with Crippen molar-refractivity contribution >= 4 is 97.1 Å². The number of furan rings is 1. The summed E-state index contributed by atoms with van der Waals surface area (Å²) >= 11 is 1.84. The lowest BCUT2D eigenvalue weighted by atomic mass is 9.96. The van der Waals surface area contributed by atoms with E-state index >= 15 is 0 Å². The predicted molar refractivity (Wildman–Crippen MR) is 290 cm³/mol. The molecular weight excluding hydrogens is 875 g/mol. The van der Waals surface area contributed by atoms with Gasteiger partial charge in [-0.15, -0.1) is 11.3 Å². The minimum absolute atomic E-state index is 0.578. The van der Waals surface area contributed by atoms with Crippen LogP contribution in [0.4, 0.5) is 0 Å². The van der Waals surface area contributed by atoms with Gasteiger partial charge in [0.1, 0.15) is 11.2 Å². The van der Waals surface area contributed by atoms with Gasteiger partial charge in [0.25, 0.3) is 0 Å². The van der Waals surface area contributed by atoms with E-state index in [1.165, 1.54) is 52.9 Å². The van der Waals surface area contributed by atoms with Gasteiger partial charge in [0.15, 0.2) is 17.5 Å². The average Bonchev–Trinajstić information content (AvgIpc) is 4.18. The van der Waals surface area contributed by atoms with Gasteiger partial charge in [0.2, 0.25) is 0 Å². The molecule has 0 radical (unpaired) electrons. The van der Waals surface area contributed by atoms with E-state index in [0.29, 0.717) is 17.5 Å². The highest BCUT2D eigenvalue weighted by molar-refractivity contribution is 7.26. The Labute approximate surface area is 404 Å². The van der Waals surface area contributed by atoms with E-state index < -0.39 is 0 Å². The second-order valence-electron chi connectivity index (χ2n) is 17.9. The summed E-state index contributed by atoms with van der Waals surface area (Å²) in [7, 11) is 0. The Morgan fingerprint density at radius 3 is 1.63 bits per heavy atom. The molecule has 7 heteroatoms. The van der Waals surface area contributed by atoms with Crippen molar-refractivity contribution in [1.29, 1.82) is 0 Å². The number of benzene rings is 10. The van der Waals surface area contributed by atoms with Gasteiger partial charge in [0, 0.05) is 80.6 Å². The lowest BCUT2D eigenvalue weighted by molar-refractivity contribution is 0.669. The highest BCUT2D eigenvalue weighted by atomic mass is 32.1. The van der Waals surface area contributed by atoms with Crippen LogP contribution in [0.5, 0.6) is 0 Å². The zero-order valence-electron chi connectivity index (χ0n) is 37.4. The third-order valence-electron chi connectivity index (χ3n) is 14.0. The fraction of sp³-hybridized carbons (Fsp3) is 0. The Hall–Kier alpha value is -9.17. The molecule has 15 aromatic rings. The van der Waals surface area contributed by atoms with Crippen molar-refractivity contribution < 1.29 is 4.42 Å². The summed E-state index contributed by atoms with van der Waals surface area (Å²) in [5.74, 6) is 1.78. The number of para-hydroxylation sites is 4. The SMILES string of the molecule is c1ccc(-c2nc(-c3ccc4c(c3)c3ccccc3n4-c3ccccc3)nc(-c3cccc4oc5ccc(-c6cc(-n7c8ccccc8c8ccccc87)cc7sc8ccccc8c67)cc5c34)n2)cc1. The molecule has 70 heavy (non-hydrogen) atoms. The summed E-state index contributed by atoms with van der Waals surface area (Å²) in [4.78, 5) is 15.8. The minimum Gasteiger partial charge on any atom is -0.456 e. The zero-order chi connectivity index (χ0) is 45.9. The molecule has 0 N–H and O–H groups in total. The quantitative estimate of drug-likeness (QED) is 0.167. The van der Waals surface area contributed by atoms with Gasteiger partial charge in [-0.3, -0.25) is 0 Å². The van der Waals surface area contributed by atoms with Crippen LogP contribution in [0, 0.1) is 0 Å². The number of thiophene rings is 1. The van der Waals surface area contributed by atoms with Crippen molar-refractivity contribution in [2.45, 2.75) is 0 Å². The summed E-state index contributed by atoms with van der Waals surface area (Å²) in [5.41, 5.74) is 13.4. The maximum absolute atomic E-state index is 6.71. The number of fused-ring (bicyclic) bond motifs is 12. The largest absolute Gasteiger partial charge is 0.456 e. The maximum atomic E-state index is 6.71. The van der Waals surface area contributed by atoms with Gasteiger partial charge < -0.3 is 13.6 Å². The molecule has 0 spiro atoms. The minimum atomic E-state index is 0.578. The van der Waals surface area contributed by atoms with Crippen molar-refractivity contribution in [1.82, 2.24) is 24.1 Å². The van der Waals surface area contributed by atoms with Gasteiger partial charge in [-0.1, -0.05) is 140 Å². The lowest BCUT2D eigenvalue weighted by Gasteiger charge is -2.13. The Morgan fingerprint density at radius 1 is 0.314 bits per heavy atom. The van der Waals surface area contributed by atoms with Crippen LogP contribution in [0.15, 0.2) is 229 Å². The molecule has 0 fully saturated rings. The summed E-state index contributed by atoms with van der Waals surface area (Å²) in [6, 6.07) is 79.6. The molecule has 5 aromatic heterocycles. The average molecular weight is 912 g/mol. The number of nitrogens with zero attached hydrogens (tertiary/aromatic N) is 5. The third-order valence-corrected chi connectivity index (χ3v) is 15.1. The van der Waals surface area contributed by atoms with E-state index in [0.717, 1.165) is 72.0 Å². The van der Waals surface area contributed by atoms with Gasteiger partial charge in [-0.25, -0.2) is 15.0 Å². The second-order valence-corrected chi connectivity index (χ2v) is 19.0. The summed E-state index contributed by atoms with van der Waals surface area (Å²) in [6.07, 6.45) is 0. The van der Waals surface area contributed by atoms with Crippen molar-refractivity contribution in [3.05, 3.63) is 224 Å². The molecule has 0 bridgehead atoms. The normalized spacial score (nSPS) is 12.0. The number of rotatable bonds is 6. The van der Waals surface area contributed by atoms with Crippen LogP contribution in [0.3, 0.4) is 0 Å². The molecule has 6 nitrogen and oxygen atoms in total. The van der Waals surface area contributed by atoms with Crippen LogP contribution < -0.4 is 0 Å². The second kappa shape index (κ2) is 15.2. The molecule has 10 aromatic carbocycles. The highest BCUT2D eigenvalue weighted by Gasteiger charge is 2.22. The first kappa shape index (κ1) is 38.9. The van der Waals surface area contributed by atoms with E-state index in [9.17, 15) is 0 Å². The molecule has 0 saturated carbocycles. The zero-order valence-corrected chi connectivity index (χ0v) is 38.2. The first-order valence-electron chi connectivity index (χ1n) is 23.5. The number of aromatic nitrogens is 5. The maximum Gasteiger partial charge on any atom is 0.164 e. The van der Waals surface area contributed by atoms with Gasteiger partial charge in [-0.2, -0.15) is 0 Å². The summed E-state index contributed by atoms with van der Waals surface area (Å²) in [6.45, 7) is 0. The van der Waals surface area contributed by atoms with Crippen molar-refractivity contribution in [3.63, 3.8) is 0 Å². The molecule has 326 valence electrons. The topological polar surface area (TPSA) is 61.7 Å². The van der Waals surface area contributed by atoms with E-state index in [1.807, 2.05) is 41.7 Å². The molecule has 0 aliphatic rings. The lowest BCUT2D eigenvalue weighted by Crippen LogP contribution is -2.00. The fourth-order valence-electron chi connectivity index (χ4n) is 10.9. The van der Waals surface area contributed by atoms with Crippen LogP contribution >= 0.6 is 11.3 Å². The molecule has 5 heterocycles. The summed E-state index contributed by atoms with van der Waals surface area (Å²) in [5, 5.41) is 9.23. The van der Waals surface area contributed by atoms with Crippen molar-refractivity contribution in [2.75, 3.05) is 0 Å². The van der Waals surface area contributed by atoms with Crippen LogP contribution in [-0.2, 0) is 0 Å². The Morgan fingerprint density at radius 2 is 0.886 bits per heavy atom. The molecule has 0 unspecified atom stereocenters. The monoisotopic (exact) mass is 911 g/mol. The standard InChI is InChI=1S/C63H37N5OS/c1-3-16-38(17-4-1)61-64-62(40-30-32-54-49(35-40)45-22-9-13-27-53(45)67(54)41-18-5-2-6-19-41)66-63(65-61)47-24-15-28-56-59(47)50-34-39(31-33-55(50)69-56)48-36-42(37-58-60(48)46-23-10-14-29-57(46)70-58)68-51-25-11-7-20-43(51)44-21-8-12-26-52(44)68/h1-37H. The van der Waals surface area contributed by atoms with Crippen LogP contribution in [-0.4, -0.2) is 24.1 Å². The summed E-state index contributed by atoms with van der Waals surface area (Å²) < 4.78 is 14.0. The fourth-order valence-corrected chi connectivity index (χ4v) is 12.1. The first-order chi connectivity index (χ1) is 34.7. The molecule has 0 atom stereocenters. The molecule has 0 aliphatic heterocycles. The first-order valence-corrected chi connectivity index (χ1v) is 24.3. The Bertz CT molecular complexity index is 4550. The molecule has 0 amide bonds. The number of hydrogen-bond acceptors (Lipinski definition) is 5.